The fourth-order valence-corrected chi connectivity index (χ4v) is 6.18. The minimum atomic E-state index is -1.15. The first-order chi connectivity index (χ1) is 19.7. The molecule has 0 radical (unpaired) electrons. The second kappa shape index (κ2) is 11.6. The number of fused-ring (bicyclic) bond motifs is 2. The third-order valence-corrected chi connectivity index (χ3v) is 9.79. The van der Waals surface area contributed by atoms with Crippen LogP contribution in [0.4, 0.5) is 0 Å². The van der Waals surface area contributed by atoms with Crippen molar-refractivity contribution in [3.8, 4) is 22.8 Å². The Morgan fingerprint density at radius 3 is 2.73 bits per heavy atom. The maximum Gasteiger partial charge on any atom is 0.150 e. The van der Waals surface area contributed by atoms with Crippen molar-refractivity contribution in [2.75, 3.05) is 13.2 Å². The predicted octanol–water partition coefficient (Wildman–Crippen LogP) is 7.72. The second-order valence-electron chi connectivity index (χ2n) is 11.7. The zero-order valence-electron chi connectivity index (χ0n) is 23.9. The zero-order chi connectivity index (χ0) is 28.6. The first-order valence-corrected chi connectivity index (χ1v) is 18.6. The van der Waals surface area contributed by atoms with Crippen molar-refractivity contribution in [3.63, 3.8) is 0 Å². The Kier molecular flexibility index (Phi) is 7.95. The van der Waals surface area contributed by atoms with Crippen LogP contribution in [0.15, 0.2) is 53.4 Å². The summed E-state index contributed by atoms with van der Waals surface area (Å²) in [4.78, 5) is 14.3. The highest BCUT2D eigenvalue weighted by Crippen LogP contribution is 2.36. The SMILES string of the molecule is Cc1nc2ccc(Oc3ccc4ncc(-c5cnn(C6CCCCO6)c5)nc4c3Br)cc2n1COCC[Si](C)(C)C. The molecule has 1 fully saturated rings. The van der Waals surface area contributed by atoms with Crippen LogP contribution in [0.25, 0.3) is 33.3 Å². The van der Waals surface area contributed by atoms with Crippen LogP contribution in [0.5, 0.6) is 11.5 Å². The van der Waals surface area contributed by atoms with Gasteiger partial charge in [0.1, 0.15) is 35.8 Å². The van der Waals surface area contributed by atoms with Gasteiger partial charge in [-0.15, -0.1) is 0 Å². The molecule has 1 aliphatic rings. The van der Waals surface area contributed by atoms with E-state index in [0.29, 0.717) is 18.2 Å². The molecule has 9 nitrogen and oxygen atoms in total. The quantitative estimate of drug-likeness (QED) is 0.121. The van der Waals surface area contributed by atoms with E-state index in [-0.39, 0.29) is 6.23 Å². The van der Waals surface area contributed by atoms with E-state index in [0.717, 1.165) is 82.1 Å². The lowest BCUT2D eigenvalue weighted by Crippen LogP contribution is -2.22. The van der Waals surface area contributed by atoms with Crippen molar-refractivity contribution >= 4 is 46.1 Å². The summed E-state index contributed by atoms with van der Waals surface area (Å²) in [6.07, 6.45) is 8.77. The van der Waals surface area contributed by atoms with Gasteiger partial charge in [0, 0.05) is 39.1 Å². The Bertz CT molecular complexity index is 1690. The Morgan fingerprint density at radius 2 is 1.93 bits per heavy atom. The second-order valence-corrected chi connectivity index (χ2v) is 18.1. The average molecular weight is 636 g/mol. The molecule has 5 aromatic rings. The van der Waals surface area contributed by atoms with Crippen LogP contribution >= 0.6 is 15.9 Å². The van der Waals surface area contributed by atoms with Gasteiger partial charge in [-0.05, 0) is 72.4 Å². The molecule has 0 aliphatic carbocycles. The molecule has 6 rings (SSSR count). The van der Waals surface area contributed by atoms with E-state index >= 15 is 0 Å². The van der Waals surface area contributed by atoms with Crippen LogP contribution in [0.1, 0.15) is 31.3 Å². The molecule has 11 heteroatoms. The van der Waals surface area contributed by atoms with Gasteiger partial charge in [0.25, 0.3) is 0 Å². The summed E-state index contributed by atoms with van der Waals surface area (Å²) in [5, 5.41) is 4.53. The number of aryl methyl sites for hydroxylation is 1. The molecule has 0 spiro atoms. The number of aromatic nitrogens is 6. The molecule has 1 aliphatic heterocycles. The summed E-state index contributed by atoms with van der Waals surface area (Å²) >= 11 is 3.74. The Morgan fingerprint density at radius 1 is 1.07 bits per heavy atom. The number of imidazole rings is 1. The zero-order valence-corrected chi connectivity index (χ0v) is 26.5. The molecule has 2 aromatic carbocycles. The van der Waals surface area contributed by atoms with E-state index in [9.17, 15) is 0 Å². The van der Waals surface area contributed by atoms with E-state index < -0.39 is 8.07 Å². The molecule has 0 N–H and O–H groups in total. The molecule has 3 aromatic heterocycles. The molecule has 1 atom stereocenters. The molecule has 4 heterocycles. The van der Waals surface area contributed by atoms with Crippen molar-refractivity contribution in [3.05, 3.63) is 59.2 Å². The molecule has 214 valence electrons. The molecule has 1 unspecified atom stereocenters. The number of halogens is 1. The minimum Gasteiger partial charge on any atom is -0.456 e. The summed E-state index contributed by atoms with van der Waals surface area (Å²) in [6.45, 7) is 11.1. The van der Waals surface area contributed by atoms with Crippen molar-refractivity contribution in [2.45, 2.75) is 64.8 Å². The van der Waals surface area contributed by atoms with Gasteiger partial charge in [-0.2, -0.15) is 5.10 Å². The van der Waals surface area contributed by atoms with Gasteiger partial charge in [0.05, 0.1) is 39.1 Å². The lowest BCUT2D eigenvalue weighted by molar-refractivity contribution is -0.0394. The van der Waals surface area contributed by atoms with Crippen LogP contribution in [0.3, 0.4) is 0 Å². The maximum absolute atomic E-state index is 6.36. The first-order valence-electron chi connectivity index (χ1n) is 14.1. The molecule has 0 saturated carbocycles. The van der Waals surface area contributed by atoms with Gasteiger partial charge in [-0.1, -0.05) is 19.6 Å². The lowest BCUT2D eigenvalue weighted by atomic mass is 10.2. The molecule has 0 amide bonds. The molecular formula is C30H35BrN6O3Si. The summed E-state index contributed by atoms with van der Waals surface area (Å²) in [5.41, 5.74) is 5.03. The Hall–Kier alpha value is -3.12. The maximum atomic E-state index is 6.36. The lowest BCUT2D eigenvalue weighted by Gasteiger charge is -2.22. The summed E-state index contributed by atoms with van der Waals surface area (Å²) in [5.74, 6) is 2.28. The first kappa shape index (κ1) is 28.0. The highest BCUT2D eigenvalue weighted by atomic mass is 79.9. The van der Waals surface area contributed by atoms with Crippen LogP contribution in [-0.4, -0.2) is 50.6 Å². The normalized spacial score (nSPS) is 16.1. The van der Waals surface area contributed by atoms with E-state index in [4.69, 9.17) is 24.2 Å². The molecule has 1 saturated heterocycles. The minimum absolute atomic E-state index is 0.0215. The molecule has 0 bridgehead atoms. The fourth-order valence-electron chi connectivity index (χ4n) is 4.92. The number of benzene rings is 2. The number of hydrogen-bond acceptors (Lipinski definition) is 7. The largest absolute Gasteiger partial charge is 0.456 e. The highest BCUT2D eigenvalue weighted by Gasteiger charge is 2.19. The van der Waals surface area contributed by atoms with Crippen LogP contribution in [0, 0.1) is 6.92 Å². The monoisotopic (exact) mass is 634 g/mol. The number of hydrogen-bond donors (Lipinski definition) is 0. The number of nitrogens with zero attached hydrogens (tertiary/aromatic N) is 6. The van der Waals surface area contributed by atoms with Gasteiger partial charge in [-0.25, -0.2) is 14.6 Å². The third kappa shape index (κ3) is 6.23. The van der Waals surface area contributed by atoms with Crippen molar-refractivity contribution in [1.29, 1.82) is 0 Å². The summed E-state index contributed by atoms with van der Waals surface area (Å²) in [6, 6.07) is 10.9. The Labute approximate surface area is 249 Å². The summed E-state index contributed by atoms with van der Waals surface area (Å²) < 4.78 is 23.0. The third-order valence-electron chi connectivity index (χ3n) is 7.32. The van der Waals surface area contributed by atoms with Gasteiger partial charge in [0.15, 0.2) is 0 Å². The molecular weight excluding hydrogens is 600 g/mol. The smallest absolute Gasteiger partial charge is 0.150 e. The van der Waals surface area contributed by atoms with Crippen LogP contribution < -0.4 is 4.74 Å². The van der Waals surface area contributed by atoms with Gasteiger partial charge in [-0.3, -0.25) is 4.98 Å². The van der Waals surface area contributed by atoms with E-state index in [1.807, 2.05) is 54.3 Å². The van der Waals surface area contributed by atoms with E-state index in [1.54, 1.807) is 6.20 Å². The highest BCUT2D eigenvalue weighted by molar-refractivity contribution is 9.10. The van der Waals surface area contributed by atoms with Gasteiger partial charge in [0.2, 0.25) is 0 Å². The number of ether oxygens (including phenoxy) is 3. The van der Waals surface area contributed by atoms with E-state index in [2.05, 4.69) is 50.2 Å². The van der Waals surface area contributed by atoms with Crippen LogP contribution in [0.2, 0.25) is 25.7 Å². The standard InChI is InChI=1S/C30H35BrN6O3Si/c1-20-34-23-9-8-22(15-26(23)36(20)19-38-13-14-41(2,3)4)40-27-11-10-24-30(29(27)31)35-25(17-32-24)21-16-33-37(18-21)28-7-5-6-12-39-28/h8-11,15-18,28H,5-7,12-14,19H2,1-4H3. The van der Waals surface area contributed by atoms with E-state index in [1.165, 1.54) is 0 Å². The fraction of sp³-hybridized carbons (Fsp3) is 0.400. The van der Waals surface area contributed by atoms with Crippen molar-refractivity contribution in [2.24, 2.45) is 0 Å². The van der Waals surface area contributed by atoms with Crippen LogP contribution in [-0.2, 0) is 16.2 Å². The van der Waals surface area contributed by atoms with Gasteiger partial charge < -0.3 is 18.8 Å². The average Bonchev–Trinajstić information content (AvgIpc) is 3.57. The van der Waals surface area contributed by atoms with Gasteiger partial charge >= 0.3 is 0 Å². The van der Waals surface area contributed by atoms with Crippen molar-refractivity contribution < 1.29 is 14.2 Å². The predicted molar refractivity (Wildman–Crippen MR) is 166 cm³/mol. The number of rotatable bonds is 9. The summed E-state index contributed by atoms with van der Waals surface area (Å²) in [7, 11) is -1.15. The molecule has 41 heavy (non-hydrogen) atoms. The topological polar surface area (TPSA) is 89.1 Å². The van der Waals surface area contributed by atoms with Crippen molar-refractivity contribution in [1.82, 2.24) is 29.3 Å². The Balaban J connectivity index is 1.24.